The zero-order valence-corrected chi connectivity index (χ0v) is 10.6. The number of aromatic nitrogens is 2. The van der Waals surface area contributed by atoms with E-state index in [-0.39, 0.29) is 5.56 Å². The minimum atomic E-state index is -0.109. The average Bonchev–Trinajstić information content (AvgIpc) is 2.26. The van der Waals surface area contributed by atoms with Crippen LogP contribution in [0.15, 0.2) is 23.0 Å². The second-order valence-corrected chi connectivity index (χ2v) is 5.12. The van der Waals surface area contributed by atoms with Crippen LogP contribution in [0.5, 0.6) is 0 Å². The molecule has 1 fully saturated rings. The molecule has 0 spiro atoms. The predicted octanol–water partition coefficient (Wildman–Crippen LogP) is 2.22. The molecule has 1 aromatic heterocycles. The number of benzene rings is 1. The van der Waals surface area contributed by atoms with Crippen molar-refractivity contribution in [3.63, 3.8) is 0 Å². The lowest BCUT2D eigenvalue weighted by molar-refractivity contribution is 0.335. The van der Waals surface area contributed by atoms with E-state index in [2.05, 4.69) is 15.3 Å². The molecule has 1 aromatic carbocycles. The number of fused-ring (bicyclic) bond motifs is 1. The summed E-state index contributed by atoms with van der Waals surface area (Å²) >= 11 is 5.91. The van der Waals surface area contributed by atoms with Gasteiger partial charge in [0.15, 0.2) is 0 Å². The number of halogens is 1. The van der Waals surface area contributed by atoms with Gasteiger partial charge in [0.25, 0.3) is 5.56 Å². The summed E-state index contributed by atoms with van der Waals surface area (Å²) < 4.78 is 0. The molecule has 94 valence electrons. The Balaban J connectivity index is 1.90. The van der Waals surface area contributed by atoms with Crippen molar-refractivity contribution in [2.75, 3.05) is 0 Å². The van der Waals surface area contributed by atoms with E-state index in [9.17, 15) is 4.79 Å². The van der Waals surface area contributed by atoms with Gasteiger partial charge in [-0.15, -0.1) is 0 Å². The summed E-state index contributed by atoms with van der Waals surface area (Å²) in [4.78, 5) is 19.1. The second-order valence-electron chi connectivity index (χ2n) is 4.68. The van der Waals surface area contributed by atoms with E-state index in [0.29, 0.717) is 34.3 Å². The van der Waals surface area contributed by atoms with E-state index in [1.54, 1.807) is 18.2 Å². The summed E-state index contributed by atoms with van der Waals surface area (Å²) in [5, 5.41) is 4.55. The molecule has 1 heterocycles. The molecule has 1 aliphatic rings. The molecule has 18 heavy (non-hydrogen) atoms. The van der Waals surface area contributed by atoms with Gasteiger partial charge in [0, 0.05) is 11.1 Å². The van der Waals surface area contributed by atoms with Crippen molar-refractivity contribution >= 4 is 22.5 Å². The Morgan fingerprint density at radius 2 is 2.28 bits per heavy atom. The highest BCUT2D eigenvalue weighted by Gasteiger charge is 2.16. The van der Waals surface area contributed by atoms with E-state index >= 15 is 0 Å². The van der Waals surface area contributed by atoms with Crippen LogP contribution in [-0.4, -0.2) is 16.0 Å². The molecule has 2 N–H and O–H groups in total. The third-order valence-corrected chi connectivity index (χ3v) is 3.62. The minimum Gasteiger partial charge on any atom is -0.309 e. The fraction of sp³-hybridized carbons (Fsp3) is 0.385. The van der Waals surface area contributed by atoms with E-state index in [1.807, 2.05) is 0 Å². The third kappa shape index (κ3) is 2.26. The van der Waals surface area contributed by atoms with Crippen LogP contribution in [-0.2, 0) is 6.54 Å². The first kappa shape index (κ1) is 11.7. The van der Waals surface area contributed by atoms with Crippen molar-refractivity contribution in [3.05, 3.63) is 39.4 Å². The van der Waals surface area contributed by atoms with E-state index in [0.717, 1.165) is 0 Å². The van der Waals surface area contributed by atoms with Crippen molar-refractivity contribution in [2.45, 2.75) is 31.8 Å². The second kappa shape index (κ2) is 4.71. The van der Waals surface area contributed by atoms with Crippen LogP contribution in [0.4, 0.5) is 0 Å². The standard InChI is InChI=1S/C13H14ClN3O/c14-8-4-5-10-11(6-8)16-12(17-13(10)18)7-15-9-2-1-3-9/h4-6,9,15H,1-3,7H2,(H,16,17,18). The van der Waals surface area contributed by atoms with Gasteiger partial charge in [0.05, 0.1) is 17.4 Å². The largest absolute Gasteiger partial charge is 0.309 e. The van der Waals surface area contributed by atoms with Crippen LogP contribution < -0.4 is 10.9 Å². The molecule has 0 bridgehead atoms. The quantitative estimate of drug-likeness (QED) is 0.893. The third-order valence-electron chi connectivity index (χ3n) is 3.38. The number of nitrogens with one attached hydrogen (secondary N) is 2. The maximum absolute atomic E-state index is 11.9. The van der Waals surface area contributed by atoms with Gasteiger partial charge in [-0.1, -0.05) is 18.0 Å². The number of aromatic amines is 1. The van der Waals surface area contributed by atoms with Gasteiger partial charge in [-0.05, 0) is 31.0 Å². The summed E-state index contributed by atoms with van der Waals surface area (Å²) in [5.41, 5.74) is 0.540. The molecule has 5 heteroatoms. The maximum atomic E-state index is 11.9. The lowest BCUT2D eigenvalue weighted by Crippen LogP contribution is -2.35. The molecular weight excluding hydrogens is 250 g/mol. The van der Waals surface area contributed by atoms with Crippen LogP contribution in [0.2, 0.25) is 5.02 Å². The van der Waals surface area contributed by atoms with Gasteiger partial charge in [0.2, 0.25) is 0 Å². The van der Waals surface area contributed by atoms with Gasteiger partial charge in [-0.25, -0.2) is 4.98 Å². The Bertz CT molecular complexity index is 634. The van der Waals surface area contributed by atoms with Crippen molar-refractivity contribution in [1.29, 1.82) is 0 Å². The zero-order valence-electron chi connectivity index (χ0n) is 9.87. The number of nitrogens with zero attached hydrogens (tertiary/aromatic N) is 1. The Kier molecular flexibility index (Phi) is 3.06. The van der Waals surface area contributed by atoms with Crippen molar-refractivity contribution in [2.24, 2.45) is 0 Å². The van der Waals surface area contributed by atoms with Gasteiger partial charge < -0.3 is 10.3 Å². The highest BCUT2D eigenvalue weighted by molar-refractivity contribution is 6.31. The molecule has 0 aliphatic heterocycles. The summed E-state index contributed by atoms with van der Waals surface area (Å²) in [6.07, 6.45) is 3.71. The molecule has 1 saturated carbocycles. The van der Waals surface area contributed by atoms with E-state index < -0.39 is 0 Å². The average molecular weight is 264 g/mol. The van der Waals surface area contributed by atoms with E-state index in [4.69, 9.17) is 11.6 Å². The smallest absolute Gasteiger partial charge is 0.258 e. The molecule has 0 radical (unpaired) electrons. The van der Waals surface area contributed by atoms with Crippen molar-refractivity contribution in [1.82, 2.24) is 15.3 Å². The normalized spacial score (nSPS) is 15.8. The predicted molar refractivity (Wildman–Crippen MR) is 71.9 cm³/mol. The first-order valence-electron chi connectivity index (χ1n) is 6.14. The molecule has 0 atom stereocenters. The Hall–Kier alpha value is -1.39. The lowest BCUT2D eigenvalue weighted by Gasteiger charge is -2.26. The molecule has 2 aromatic rings. The van der Waals surface area contributed by atoms with Crippen LogP contribution in [0.1, 0.15) is 25.1 Å². The van der Waals surface area contributed by atoms with Crippen LogP contribution in [0.3, 0.4) is 0 Å². The zero-order chi connectivity index (χ0) is 12.5. The molecule has 0 amide bonds. The van der Waals surface area contributed by atoms with Crippen LogP contribution in [0, 0.1) is 0 Å². The first-order chi connectivity index (χ1) is 8.72. The van der Waals surface area contributed by atoms with Crippen molar-refractivity contribution in [3.8, 4) is 0 Å². The fourth-order valence-electron chi connectivity index (χ4n) is 2.10. The topological polar surface area (TPSA) is 57.8 Å². The Morgan fingerprint density at radius 3 is 3.00 bits per heavy atom. The number of H-pyrrole nitrogens is 1. The fourth-order valence-corrected chi connectivity index (χ4v) is 2.26. The van der Waals surface area contributed by atoms with Crippen LogP contribution >= 0.6 is 11.6 Å². The van der Waals surface area contributed by atoms with Gasteiger partial charge in [-0.2, -0.15) is 0 Å². The Morgan fingerprint density at radius 1 is 1.44 bits per heavy atom. The number of rotatable bonds is 3. The van der Waals surface area contributed by atoms with Gasteiger partial charge in [-0.3, -0.25) is 4.79 Å². The van der Waals surface area contributed by atoms with Gasteiger partial charge in [0.1, 0.15) is 5.82 Å². The molecule has 0 unspecified atom stereocenters. The molecular formula is C13H14ClN3O. The molecule has 0 saturated heterocycles. The summed E-state index contributed by atoms with van der Waals surface area (Å²) in [6, 6.07) is 5.70. The van der Waals surface area contributed by atoms with Crippen molar-refractivity contribution < 1.29 is 0 Å². The minimum absolute atomic E-state index is 0.109. The summed E-state index contributed by atoms with van der Waals surface area (Å²) in [5.74, 6) is 0.668. The van der Waals surface area contributed by atoms with Gasteiger partial charge >= 0.3 is 0 Å². The lowest BCUT2D eigenvalue weighted by atomic mass is 9.93. The maximum Gasteiger partial charge on any atom is 0.258 e. The highest BCUT2D eigenvalue weighted by Crippen LogP contribution is 2.18. The van der Waals surface area contributed by atoms with Crippen LogP contribution in [0.25, 0.3) is 10.9 Å². The highest BCUT2D eigenvalue weighted by atomic mass is 35.5. The summed E-state index contributed by atoms with van der Waals surface area (Å²) in [7, 11) is 0. The molecule has 1 aliphatic carbocycles. The molecule has 3 rings (SSSR count). The number of hydrogen-bond acceptors (Lipinski definition) is 3. The Labute approximate surface area is 109 Å². The number of hydrogen-bond donors (Lipinski definition) is 2. The summed E-state index contributed by atoms with van der Waals surface area (Å²) in [6.45, 7) is 0.600. The SMILES string of the molecule is O=c1[nH]c(CNC2CCC2)nc2cc(Cl)ccc12. The molecule has 4 nitrogen and oxygen atoms in total. The van der Waals surface area contributed by atoms with E-state index in [1.165, 1.54) is 19.3 Å². The monoisotopic (exact) mass is 263 g/mol. The first-order valence-corrected chi connectivity index (χ1v) is 6.52.